The minimum absolute atomic E-state index is 0.0162. The smallest absolute Gasteiger partial charge is 0.332 e. The number of rotatable bonds is 6. The molecule has 0 spiro atoms. The first-order chi connectivity index (χ1) is 12.5. The predicted molar refractivity (Wildman–Crippen MR) is 99.1 cm³/mol. The van der Waals surface area contributed by atoms with Crippen LogP contribution in [0, 0.1) is 5.82 Å². The van der Waals surface area contributed by atoms with Crippen LogP contribution in [0.5, 0.6) is 0 Å². The first-order valence-corrected chi connectivity index (χ1v) is 9.11. The van der Waals surface area contributed by atoms with E-state index in [1.54, 1.807) is 11.4 Å². The van der Waals surface area contributed by atoms with Crippen LogP contribution in [0.1, 0.15) is 18.9 Å². The summed E-state index contributed by atoms with van der Waals surface area (Å²) in [7, 11) is 0. The van der Waals surface area contributed by atoms with Crippen molar-refractivity contribution >= 4 is 27.5 Å². The number of halogens is 1. The van der Waals surface area contributed by atoms with Gasteiger partial charge in [-0.25, -0.2) is 9.18 Å². The van der Waals surface area contributed by atoms with Gasteiger partial charge >= 0.3 is 5.69 Å². The van der Waals surface area contributed by atoms with Gasteiger partial charge in [-0.05, 0) is 35.6 Å². The molecule has 26 heavy (non-hydrogen) atoms. The topological polar surface area (TPSA) is 73.1 Å². The van der Waals surface area contributed by atoms with E-state index in [1.165, 1.54) is 40.2 Å². The van der Waals surface area contributed by atoms with Gasteiger partial charge in [0.25, 0.3) is 5.56 Å². The Kier molecular flexibility index (Phi) is 5.32. The molecule has 0 saturated carbocycles. The minimum Gasteiger partial charge on any atom is -0.355 e. The molecule has 8 heteroatoms. The Labute approximate surface area is 152 Å². The molecule has 0 fully saturated rings. The van der Waals surface area contributed by atoms with E-state index >= 15 is 0 Å². The molecule has 1 N–H and O–H groups in total. The monoisotopic (exact) mass is 375 g/mol. The van der Waals surface area contributed by atoms with Crippen molar-refractivity contribution in [3.63, 3.8) is 0 Å². The van der Waals surface area contributed by atoms with Crippen LogP contribution in [0.4, 0.5) is 4.39 Å². The first kappa shape index (κ1) is 18.1. The highest BCUT2D eigenvalue weighted by Gasteiger charge is 2.16. The molecule has 0 aliphatic heterocycles. The number of benzene rings is 1. The Morgan fingerprint density at radius 3 is 2.58 bits per heavy atom. The van der Waals surface area contributed by atoms with Gasteiger partial charge in [0.05, 0.1) is 12.1 Å². The van der Waals surface area contributed by atoms with Crippen LogP contribution in [0.3, 0.4) is 0 Å². The fraction of sp³-hybridized carbons (Fsp3) is 0.278. The Hall–Kier alpha value is -2.74. The van der Waals surface area contributed by atoms with Crippen LogP contribution in [0.15, 0.2) is 45.3 Å². The highest BCUT2D eigenvalue weighted by Crippen LogP contribution is 2.15. The molecule has 2 heterocycles. The van der Waals surface area contributed by atoms with Crippen molar-refractivity contribution in [1.29, 1.82) is 0 Å². The van der Waals surface area contributed by atoms with Gasteiger partial charge in [0.1, 0.15) is 17.1 Å². The lowest BCUT2D eigenvalue weighted by Gasteiger charge is -2.12. The van der Waals surface area contributed by atoms with Gasteiger partial charge < -0.3 is 5.32 Å². The van der Waals surface area contributed by atoms with Crippen molar-refractivity contribution < 1.29 is 9.18 Å². The number of hydrogen-bond donors (Lipinski definition) is 1. The zero-order valence-electron chi connectivity index (χ0n) is 14.2. The van der Waals surface area contributed by atoms with Gasteiger partial charge in [0, 0.05) is 6.54 Å². The summed E-state index contributed by atoms with van der Waals surface area (Å²) in [6.07, 6.45) is 0.790. The average Bonchev–Trinajstić information content (AvgIpc) is 3.12. The number of fused-ring (bicyclic) bond motifs is 1. The van der Waals surface area contributed by atoms with Crippen molar-refractivity contribution in [2.45, 2.75) is 26.4 Å². The summed E-state index contributed by atoms with van der Waals surface area (Å²) in [6, 6.07) is 7.27. The third-order valence-electron chi connectivity index (χ3n) is 3.96. The summed E-state index contributed by atoms with van der Waals surface area (Å²) in [4.78, 5) is 37.6. The van der Waals surface area contributed by atoms with Crippen LogP contribution >= 0.6 is 11.3 Å². The number of carbonyl (C=O) groups excluding carboxylic acids is 1. The van der Waals surface area contributed by atoms with Gasteiger partial charge in [-0.3, -0.25) is 18.7 Å². The van der Waals surface area contributed by atoms with Crippen LogP contribution in [0.2, 0.25) is 0 Å². The number of nitrogens with zero attached hydrogens (tertiary/aromatic N) is 2. The molecule has 0 saturated heterocycles. The van der Waals surface area contributed by atoms with Gasteiger partial charge in [0.2, 0.25) is 5.91 Å². The summed E-state index contributed by atoms with van der Waals surface area (Å²) in [5, 5.41) is 4.45. The van der Waals surface area contributed by atoms with Gasteiger partial charge in [-0.15, -0.1) is 11.3 Å². The van der Waals surface area contributed by atoms with Crippen molar-refractivity contribution in [3.05, 3.63) is 67.9 Å². The molecule has 0 radical (unpaired) electrons. The van der Waals surface area contributed by atoms with Crippen LogP contribution < -0.4 is 16.6 Å². The molecule has 0 bridgehead atoms. The minimum atomic E-state index is -0.558. The Balaban J connectivity index is 2.06. The number of aromatic nitrogens is 2. The van der Waals surface area contributed by atoms with Crippen LogP contribution in [-0.2, 0) is 17.9 Å². The molecule has 1 amide bonds. The second-order valence-corrected chi connectivity index (χ2v) is 6.79. The fourth-order valence-electron chi connectivity index (χ4n) is 2.66. The average molecular weight is 375 g/mol. The van der Waals surface area contributed by atoms with E-state index in [0.29, 0.717) is 22.3 Å². The maximum atomic E-state index is 13.1. The maximum absolute atomic E-state index is 13.1. The molecule has 3 aromatic rings. The number of nitrogens with one attached hydrogen (secondary N) is 1. The predicted octanol–water partition coefficient (Wildman–Crippen LogP) is 1.94. The lowest BCUT2D eigenvalue weighted by molar-refractivity contribution is -0.121. The molecular formula is C18H18FN3O3S. The number of thiophene rings is 1. The van der Waals surface area contributed by atoms with Crippen LogP contribution in [0.25, 0.3) is 10.2 Å². The summed E-state index contributed by atoms with van der Waals surface area (Å²) in [6.45, 7) is 2.32. The molecule has 1 aromatic carbocycles. The van der Waals surface area contributed by atoms with E-state index in [0.717, 1.165) is 11.0 Å². The Morgan fingerprint density at radius 1 is 1.15 bits per heavy atom. The van der Waals surface area contributed by atoms with Crippen LogP contribution in [-0.4, -0.2) is 21.6 Å². The number of amides is 1. The maximum Gasteiger partial charge on any atom is 0.332 e. The van der Waals surface area contributed by atoms with E-state index in [2.05, 4.69) is 5.32 Å². The van der Waals surface area contributed by atoms with E-state index < -0.39 is 11.2 Å². The molecular weight excluding hydrogens is 357 g/mol. The second kappa shape index (κ2) is 7.65. The first-order valence-electron chi connectivity index (χ1n) is 8.23. The molecule has 0 aliphatic rings. The number of hydrogen-bond acceptors (Lipinski definition) is 4. The molecule has 3 rings (SSSR count). The Morgan fingerprint density at radius 2 is 1.88 bits per heavy atom. The third kappa shape index (κ3) is 3.60. The van der Waals surface area contributed by atoms with E-state index in [-0.39, 0.29) is 24.8 Å². The Bertz CT molecular complexity index is 1050. The molecule has 0 aliphatic carbocycles. The van der Waals surface area contributed by atoms with E-state index in [4.69, 9.17) is 0 Å². The molecule has 136 valence electrons. The molecule has 6 nitrogen and oxygen atoms in total. The number of carbonyl (C=O) groups is 1. The van der Waals surface area contributed by atoms with Crippen molar-refractivity contribution in [3.8, 4) is 0 Å². The summed E-state index contributed by atoms with van der Waals surface area (Å²) >= 11 is 1.22. The standard InChI is InChI=1S/C18H18FN3O3S/c1-2-8-20-15(23)11-21-14-7-9-26-16(14)17(24)22(18(21)25)10-12-3-5-13(19)6-4-12/h3-7,9H,2,8,10-11H2,1H3,(H,20,23). The third-order valence-corrected chi connectivity index (χ3v) is 4.86. The second-order valence-electron chi connectivity index (χ2n) is 5.87. The molecule has 2 aromatic heterocycles. The lowest BCUT2D eigenvalue weighted by atomic mass is 10.2. The van der Waals surface area contributed by atoms with E-state index in [9.17, 15) is 18.8 Å². The van der Waals surface area contributed by atoms with Gasteiger partial charge in [-0.2, -0.15) is 0 Å². The fourth-order valence-corrected chi connectivity index (χ4v) is 3.50. The zero-order chi connectivity index (χ0) is 18.7. The van der Waals surface area contributed by atoms with Crippen molar-refractivity contribution in [1.82, 2.24) is 14.5 Å². The molecule has 0 unspecified atom stereocenters. The zero-order valence-corrected chi connectivity index (χ0v) is 15.0. The van der Waals surface area contributed by atoms with Crippen molar-refractivity contribution in [2.75, 3.05) is 6.54 Å². The quantitative estimate of drug-likeness (QED) is 0.716. The van der Waals surface area contributed by atoms with Gasteiger partial charge in [0.15, 0.2) is 0 Å². The lowest BCUT2D eigenvalue weighted by Crippen LogP contribution is -2.42. The summed E-state index contributed by atoms with van der Waals surface area (Å²) in [5.74, 6) is -0.673. The van der Waals surface area contributed by atoms with Gasteiger partial charge in [-0.1, -0.05) is 19.1 Å². The highest BCUT2D eigenvalue weighted by atomic mass is 32.1. The molecule has 0 atom stereocenters. The largest absolute Gasteiger partial charge is 0.355 e. The highest BCUT2D eigenvalue weighted by molar-refractivity contribution is 7.17. The van der Waals surface area contributed by atoms with E-state index in [1.807, 2.05) is 6.92 Å². The summed E-state index contributed by atoms with van der Waals surface area (Å²) in [5.41, 5.74) is 0.113. The normalized spacial score (nSPS) is 11.0. The van der Waals surface area contributed by atoms with Crippen molar-refractivity contribution in [2.24, 2.45) is 0 Å². The summed E-state index contributed by atoms with van der Waals surface area (Å²) < 4.78 is 15.9. The SMILES string of the molecule is CCCNC(=O)Cn1c(=O)n(Cc2ccc(F)cc2)c(=O)c2sccc21.